The van der Waals surface area contributed by atoms with Gasteiger partial charge in [0.1, 0.15) is 17.2 Å². The molecule has 0 saturated heterocycles. The molecule has 0 fully saturated rings. The second-order valence-electron chi connectivity index (χ2n) is 7.18. The fourth-order valence-corrected chi connectivity index (χ4v) is 2.64. The van der Waals surface area contributed by atoms with Crippen LogP contribution in [0.25, 0.3) is 0 Å². The van der Waals surface area contributed by atoms with Gasteiger partial charge in [0.05, 0.1) is 19.8 Å². The van der Waals surface area contributed by atoms with Crippen molar-refractivity contribution in [3.05, 3.63) is 53.6 Å². The van der Waals surface area contributed by atoms with E-state index in [2.05, 4.69) is 20.8 Å². The average molecular weight is 386 g/mol. The van der Waals surface area contributed by atoms with Gasteiger partial charge in [-0.1, -0.05) is 39.0 Å². The fraction of sp³-hybridized carbons (Fsp3) is 0.364. The Morgan fingerprint density at radius 3 is 2.25 bits per heavy atom. The summed E-state index contributed by atoms with van der Waals surface area (Å²) in [6, 6.07) is 12.3. The van der Waals surface area contributed by atoms with Crippen molar-refractivity contribution in [2.75, 3.05) is 27.4 Å². The van der Waals surface area contributed by atoms with Crippen LogP contribution in [0.15, 0.2) is 42.5 Å². The van der Waals surface area contributed by atoms with Gasteiger partial charge in [-0.05, 0) is 29.2 Å². The van der Waals surface area contributed by atoms with Crippen LogP contribution >= 0.6 is 0 Å². The van der Waals surface area contributed by atoms with Crippen LogP contribution in [0.5, 0.6) is 17.2 Å². The molecule has 0 spiro atoms. The largest absolute Gasteiger partial charge is 0.497 e. The number of hydrogen-bond donors (Lipinski definition) is 0. The molecule has 2 aromatic rings. The molecule has 0 heterocycles. The summed E-state index contributed by atoms with van der Waals surface area (Å²) in [5.41, 5.74) is 1.18. The molecule has 0 aromatic heterocycles. The summed E-state index contributed by atoms with van der Waals surface area (Å²) in [5, 5.41) is 0. The van der Waals surface area contributed by atoms with Gasteiger partial charge in [0, 0.05) is 6.07 Å². The summed E-state index contributed by atoms with van der Waals surface area (Å²) in [4.78, 5) is 24.4. The van der Waals surface area contributed by atoms with Gasteiger partial charge in [-0.15, -0.1) is 0 Å². The molecule has 28 heavy (non-hydrogen) atoms. The molecule has 0 N–H and O–H groups in total. The molecule has 0 atom stereocenters. The normalized spacial score (nSPS) is 10.9. The lowest BCUT2D eigenvalue weighted by atomic mass is 9.86. The second kappa shape index (κ2) is 9.26. The Morgan fingerprint density at radius 1 is 0.893 bits per heavy atom. The molecule has 0 amide bonds. The number of carbonyl (C=O) groups excluding carboxylic acids is 2. The van der Waals surface area contributed by atoms with Crippen LogP contribution in [0.1, 0.15) is 36.7 Å². The summed E-state index contributed by atoms with van der Waals surface area (Å²) in [7, 11) is 2.98. The van der Waals surface area contributed by atoms with E-state index in [4.69, 9.17) is 18.9 Å². The maximum atomic E-state index is 12.3. The van der Waals surface area contributed by atoms with Gasteiger partial charge in [-0.3, -0.25) is 4.79 Å². The maximum Gasteiger partial charge on any atom is 0.344 e. The van der Waals surface area contributed by atoms with Crippen LogP contribution in [0.3, 0.4) is 0 Å². The molecule has 0 radical (unpaired) electrons. The second-order valence-corrected chi connectivity index (χ2v) is 7.18. The Bertz CT molecular complexity index is 835. The molecule has 0 unspecified atom stereocenters. The molecular weight excluding hydrogens is 360 g/mol. The van der Waals surface area contributed by atoms with E-state index in [1.165, 1.54) is 14.2 Å². The lowest BCUT2D eigenvalue weighted by molar-refractivity contribution is -0.144. The Labute approximate surface area is 165 Å². The number of para-hydroxylation sites is 1. The summed E-state index contributed by atoms with van der Waals surface area (Å²) < 4.78 is 21.0. The van der Waals surface area contributed by atoms with Crippen molar-refractivity contribution in [3.8, 4) is 17.2 Å². The number of esters is 1. The number of carbonyl (C=O) groups is 2. The highest BCUT2D eigenvalue weighted by Crippen LogP contribution is 2.31. The minimum atomic E-state index is -0.621. The van der Waals surface area contributed by atoms with Crippen LogP contribution in [0.2, 0.25) is 0 Å². The summed E-state index contributed by atoms with van der Waals surface area (Å²) in [5.74, 6) is 0.551. The van der Waals surface area contributed by atoms with Crippen LogP contribution < -0.4 is 14.2 Å². The first-order chi connectivity index (χ1) is 13.3. The highest BCUT2D eigenvalue weighted by Gasteiger charge is 2.20. The highest BCUT2D eigenvalue weighted by molar-refractivity contribution is 6.00. The number of benzene rings is 2. The van der Waals surface area contributed by atoms with Crippen LogP contribution in [0, 0.1) is 0 Å². The van der Waals surface area contributed by atoms with Crippen molar-refractivity contribution in [1.29, 1.82) is 0 Å². The molecule has 150 valence electrons. The van der Waals surface area contributed by atoms with Gasteiger partial charge in [0.2, 0.25) is 5.78 Å². The molecule has 6 heteroatoms. The third-order valence-corrected chi connectivity index (χ3v) is 4.11. The zero-order valence-corrected chi connectivity index (χ0v) is 16.9. The number of Topliss-reactive ketones (excluding diaryl/α,β-unsaturated/α-hetero) is 1. The smallest absolute Gasteiger partial charge is 0.344 e. The fourth-order valence-electron chi connectivity index (χ4n) is 2.64. The van der Waals surface area contributed by atoms with E-state index in [0.29, 0.717) is 22.8 Å². The zero-order chi connectivity index (χ0) is 20.7. The van der Waals surface area contributed by atoms with E-state index in [-0.39, 0.29) is 17.8 Å². The van der Waals surface area contributed by atoms with Crippen LogP contribution in [-0.2, 0) is 14.9 Å². The third-order valence-electron chi connectivity index (χ3n) is 4.11. The molecule has 0 aliphatic heterocycles. The average Bonchev–Trinajstić information content (AvgIpc) is 2.69. The van der Waals surface area contributed by atoms with Gasteiger partial charge in [0.15, 0.2) is 13.2 Å². The van der Waals surface area contributed by atoms with E-state index in [0.717, 1.165) is 5.56 Å². The molecule has 0 saturated carbocycles. The predicted octanol–water partition coefficient (Wildman–Crippen LogP) is 3.81. The van der Waals surface area contributed by atoms with Gasteiger partial charge >= 0.3 is 5.97 Å². The molecule has 2 aromatic carbocycles. The Kier molecular flexibility index (Phi) is 7.04. The van der Waals surface area contributed by atoms with Crippen molar-refractivity contribution in [2.45, 2.75) is 26.2 Å². The maximum absolute atomic E-state index is 12.3. The van der Waals surface area contributed by atoms with Crippen molar-refractivity contribution in [3.63, 3.8) is 0 Å². The van der Waals surface area contributed by atoms with E-state index < -0.39 is 12.6 Å². The van der Waals surface area contributed by atoms with E-state index >= 15 is 0 Å². The Morgan fingerprint density at radius 2 is 1.61 bits per heavy atom. The lowest BCUT2D eigenvalue weighted by Gasteiger charge is -2.22. The van der Waals surface area contributed by atoms with Gasteiger partial charge in [0.25, 0.3) is 0 Å². The summed E-state index contributed by atoms with van der Waals surface area (Å²) >= 11 is 0. The van der Waals surface area contributed by atoms with E-state index in [9.17, 15) is 9.59 Å². The van der Waals surface area contributed by atoms with Crippen LogP contribution in [-0.4, -0.2) is 39.2 Å². The minimum absolute atomic E-state index is 0.124. The third kappa shape index (κ3) is 5.49. The number of methoxy groups -OCH3 is 2. The molecule has 2 rings (SSSR count). The van der Waals surface area contributed by atoms with Crippen molar-refractivity contribution >= 4 is 11.8 Å². The summed E-state index contributed by atoms with van der Waals surface area (Å²) in [6.07, 6.45) is 0. The van der Waals surface area contributed by atoms with Gasteiger partial charge in [-0.25, -0.2) is 4.79 Å². The van der Waals surface area contributed by atoms with Gasteiger partial charge in [-0.2, -0.15) is 0 Å². The SMILES string of the molecule is COc1ccc(C(=O)COC(=O)COc2ccccc2C(C)(C)C)c(OC)c1. The van der Waals surface area contributed by atoms with E-state index in [1.54, 1.807) is 24.3 Å². The van der Waals surface area contributed by atoms with Crippen molar-refractivity contribution < 1.29 is 28.5 Å². The van der Waals surface area contributed by atoms with Gasteiger partial charge < -0.3 is 18.9 Å². The first-order valence-corrected chi connectivity index (χ1v) is 8.89. The highest BCUT2D eigenvalue weighted by atomic mass is 16.6. The molecular formula is C22H26O6. The number of hydrogen-bond acceptors (Lipinski definition) is 6. The van der Waals surface area contributed by atoms with Crippen molar-refractivity contribution in [1.82, 2.24) is 0 Å². The monoisotopic (exact) mass is 386 g/mol. The first-order valence-electron chi connectivity index (χ1n) is 8.89. The topological polar surface area (TPSA) is 71.1 Å². The number of rotatable bonds is 8. The quantitative estimate of drug-likeness (QED) is 0.508. The zero-order valence-electron chi connectivity index (χ0n) is 16.9. The first kappa shape index (κ1) is 21.3. The molecule has 6 nitrogen and oxygen atoms in total. The minimum Gasteiger partial charge on any atom is -0.497 e. The standard InChI is InChI=1S/C22H26O6/c1-22(2,3)17-8-6-7-9-19(17)27-14-21(24)28-13-18(23)16-11-10-15(25-4)12-20(16)26-5/h6-12H,13-14H2,1-5H3. The van der Waals surface area contributed by atoms with Crippen molar-refractivity contribution in [2.24, 2.45) is 0 Å². The molecule has 0 aliphatic rings. The predicted molar refractivity (Wildman–Crippen MR) is 105 cm³/mol. The summed E-state index contributed by atoms with van der Waals surface area (Å²) in [6.45, 7) is 5.52. The Hall–Kier alpha value is -3.02. The Balaban J connectivity index is 1.94. The molecule has 0 bridgehead atoms. The molecule has 0 aliphatic carbocycles. The van der Waals surface area contributed by atoms with E-state index in [1.807, 2.05) is 18.2 Å². The number of ketones is 1. The lowest BCUT2D eigenvalue weighted by Crippen LogP contribution is -2.21. The van der Waals surface area contributed by atoms with Crippen LogP contribution in [0.4, 0.5) is 0 Å². The number of ether oxygens (including phenoxy) is 4.